The van der Waals surface area contributed by atoms with Crippen LogP contribution >= 0.6 is 34.8 Å². The molecule has 1 aromatic heterocycles. The second kappa shape index (κ2) is 7.35. The molecule has 0 spiro atoms. The van der Waals surface area contributed by atoms with Crippen molar-refractivity contribution in [1.82, 2.24) is 4.98 Å². The number of aliphatic hydroxyl groups is 1. The quantitative estimate of drug-likeness (QED) is 0.644. The van der Waals surface area contributed by atoms with E-state index >= 15 is 0 Å². The number of nitrogens with zero attached hydrogens (tertiary/aromatic N) is 1. The molecule has 0 bridgehead atoms. The monoisotopic (exact) mass is 353 g/mol. The fraction of sp³-hybridized carbons (Fsp3) is 0.235. The number of hydrogen-bond acceptors (Lipinski definition) is 2. The fourth-order valence-corrected chi connectivity index (χ4v) is 2.90. The summed E-state index contributed by atoms with van der Waals surface area (Å²) in [6.07, 6.45) is 3.22. The number of aromatic nitrogens is 1. The molecule has 1 aromatic carbocycles. The molecule has 0 aliphatic heterocycles. The standard InChI is InChI=1S/C17H14Cl3NO/c1-12(15-6-5-14(19)10-16(15)20)17(22,7-3-8-18)13-4-2-9-21-11-13/h2,4-6,9-12,22H,8H2,1H3. The van der Waals surface area contributed by atoms with E-state index in [1.54, 1.807) is 42.7 Å². The summed E-state index contributed by atoms with van der Waals surface area (Å²) in [4.78, 5) is 4.06. The van der Waals surface area contributed by atoms with Crippen LogP contribution in [0.1, 0.15) is 24.0 Å². The van der Waals surface area contributed by atoms with Crippen molar-refractivity contribution < 1.29 is 5.11 Å². The van der Waals surface area contributed by atoms with Gasteiger partial charge in [-0.3, -0.25) is 4.98 Å². The lowest BCUT2D eigenvalue weighted by Gasteiger charge is -2.30. The molecule has 1 N–H and O–H groups in total. The van der Waals surface area contributed by atoms with Gasteiger partial charge in [0.2, 0.25) is 0 Å². The molecule has 2 atom stereocenters. The van der Waals surface area contributed by atoms with Crippen LogP contribution in [0.2, 0.25) is 10.0 Å². The van der Waals surface area contributed by atoms with Crippen molar-refractivity contribution in [1.29, 1.82) is 0 Å². The zero-order valence-corrected chi connectivity index (χ0v) is 14.1. The minimum absolute atomic E-state index is 0.129. The van der Waals surface area contributed by atoms with Crippen LogP contribution in [0, 0.1) is 11.8 Å². The van der Waals surface area contributed by atoms with Gasteiger partial charge in [0.25, 0.3) is 0 Å². The van der Waals surface area contributed by atoms with Crippen molar-refractivity contribution in [3.05, 3.63) is 63.9 Å². The van der Waals surface area contributed by atoms with Crippen LogP contribution in [-0.4, -0.2) is 16.0 Å². The lowest BCUT2D eigenvalue weighted by molar-refractivity contribution is 0.0741. The van der Waals surface area contributed by atoms with Crippen LogP contribution in [0.4, 0.5) is 0 Å². The van der Waals surface area contributed by atoms with Crippen molar-refractivity contribution in [2.24, 2.45) is 0 Å². The SMILES string of the molecule is CC(c1ccc(Cl)cc1Cl)C(O)(C#CCCl)c1cccnc1. The van der Waals surface area contributed by atoms with Gasteiger partial charge in [-0.2, -0.15) is 0 Å². The van der Waals surface area contributed by atoms with Gasteiger partial charge in [0, 0.05) is 33.9 Å². The van der Waals surface area contributed by atoms with E-state index in [4.69, 9.17) is 34.8 Å². The third-order valence-electron chi connectivity index (χ3n) is 3.50. The van der Waals surface area contributed by atoms with Gasteiger partial charge in [-0.25, -0.2) is 0 Å². The summed E-state index contributed by atoms with van der Waals surface area (Å²) in [5, 5.41) is 12.2. The maximum atomic E-state index is 11.2. The van der Waals surface area contributed by atoms with Crippen molar-refractivity contribution in [2.75, 3.05) is 5.88 Å². The fourth-order valence-electron chi connectivity index (χ4n) is 2.26. The first kappa shape index (κ1) is 17.1. The molecular weight excluding hydrogens is 341 g/mol. The first-order chi connectivity index (χ1) is 10.5. The third-order valence-corrected chi connectivity index (χ3v) is 4.20. The van der Waals surface area contributed by atoms with Gasteiger partial charge in [0.05, 0.1) is 5.88 Å². The molecule has 2 rings (SSSR count). The highest BCUT2D eigenvalue weighted by molar-refractivity contribution is 6.35. The van der Waals surface area contributed by atoms with Crippen LogP contribution in [0.25, 0.3) is 0 Å². The Morgan fingerprint density at radius 1 is 1.32 bits per heavy atom. The Morgan fingerprint density at radius 3 is 2.68 bits per heavy atom. The van der Waals surface area contributed by atoms with Crippen molar-refractivity contribution in [3.8, 4) is 11.8 Å². The molecule has 0 saturated carbocycles. The lowest BCUT2D eigenvalue weighted by Crippen LogP contribution is -2.31. The maximum Gasteiger partial charge on any atom is 0.159 e. The van der Waals surface area contributed by atoms with Crippen LogP contribution in [0.3, 0.4) is 0 Å². The Balaban J connectivity index is 2.54. The number of rotatable bonds is 3. The van der Waals surface area contributed by atoms with Gasteiger partial charge < -0.3 is 5.11 Å². The molecule has 114 valence electrons. The van der Waals surface area contributed by atoms with Crippen LogP contribution in [0.15, 0.2) is 42.7 Å². The van der Waals surface area contributed by atoms with Gasteiger partial charge in [-0.05, 0) is 23.8 Å². The van der Waals surface area contributed by atoms with E-state index < -0.39 is 11.5 Å². The molecule has 1 heterocycles. The van der Waals surface area contributed by atoms with Crippen LogP contribution in [0.5, 0.6) is 0 Å². The molecule has 22 heavy (non-hydrogen) atoms. The van der Waals surface area contributed by atoms with Crippen LogP contribution in [-0.2, 0) is 5.60 Å². The van der Waals surface area contributed by atoms with Gasteiger partial charge in [0.1, 0.15) is 0 Å². The second-order valence-electron chi connectivity index (χ2n) is 4.83. The Hall–Kier alpha value is -1.24. The van der Waals surface area contributed by atoms with Gasteiger partial charge in [-0.15, -0.1) is 11.6 Å². The van der Waals surface area contributed by atoms with E-state index in [2.05, 4.69) is 16.8 Å². The predicted octanol–water partition coefficient (Wildman–Crippen LogP) is 4.62. The molecule has 2 unspecified atom stereocenters. The Labute approximate surface area is 145 Å². The Morgan fingerprint density at radius 2 is 2.09 bits per heavy atom. The van der Waals surface area contributed by atoms with E-state index in [0.29, 0.717) is 15.6 Å². The minimum Gasteiger partial charge on any atom is -0.373 e. The molecule has 2 nitrogen and oxygen atoms in total. The molecule has 0 aliphatic rings. The van der Waals surface area contributed by atoms with Gasteiger partial charge in [-0.1, -0.05) is 54.1 Å². The Bertz CT molecular complexity index is 709. The number of pyridine rings is 1. The number of hydrogen-bond donors (Lipinski definition) is 1. The normalized spacial score (nSPS) is 14.6. The average molecular weight is 355 g/mol. The number of alkyl halides is 1. The summed E-state index contributed by atoms with van der Waals surface area (Å²) in [6, 6.07) is 8.69. The summed E-state index contributed by atoms with van der Waals surface area (Å²) in [7, 11) is 0. The molecule has 0 radical (unpaired) electrons. The van der Waals surface area contributed by atoms with Crippen molar-refractivity contribution in [2.45, 2.75) is 18.4 Å². The van der Waals surface area contributed by atoms with E-state index in [1.807, 2.05) is 6.92 Å². The summed E-state index contributed by atoms with van der Waals surface area (Å²) in [6.45, 7) is 1.85. The topological polar surface area (TPSA) is 33.1 Å². The first-order valence-corrected chi connectivity index (χ1v) is 7.92. The van der Waals surface area contributed by atoms with E-state index in [9.17, 15) is 5.11 Å². The minimum atomic E-state index is -1.44. The number of benzene rings is 1. The molecule has 2 aromatic rings. The molecule has 0 amide bonds. The zero-order valence-electron chi connectivity index (χ0n) is 11.9. The van der Waals surface area contributed by atoms with Crippen molar-refractivity contribution >= 4 is 34.8 Å². The first-order valence-electron chi connectivity index (χ1n) is 6.63. The maximum absolute atomic E-state index is 11.2. The molecular formula is C17H14Cl3NO. The lowest BCUT2D eigenvalue weighted by atomic mass is 9.79. The van der Waals surface area contributed by atoms with E-state index in [-0.39, 0.29) is 5.88 Å². The second-order valence-corrected chi connectivity index (χ2v) is 5.94. The van der Waals surface area contributed by atoms with Crippen LogP contribution < -0.4 is 0 Å². The third kappa shape index (κ3) is 3.56. The summed E-state index contributed by atoms with van der Waals surface area (Å²) < 4.78 is 0. The Kier molecular flexibility index (Phi) is 5.72. The molecule has 5 heteroatoms. The highest BCUT2D eigenvalue weighted by Crippen LogP contribution is 2.39. The van der Waals surface area contributed by atoms with Crippen molar-refractivity contribution in [3.63, 3.8) is 0 Å². The highest BCUT2D eigenvalue weighted by atomic mass is 35.5. The summed E-state index contributed by atoms with van der Waals surface area (Å²) in [5.74, 6) is 5.32. The van der Waals surface area contributed by atoms with E-state index in [0.717, 1.165) is 5.56 Å². The predicted molar refractivity (Wildman–Crippen MR) is 91.5 cm³/mol. The van der Waals surface area contributed by atoms with Gasteiger partial charge in [0.15, 0.2) is 5.60 Å². The van der Waals surface area contributed by atoms with Gasteiger partial charge >= 0.3 is 0 Å². The molecule has 0 saturated heterocycles. The smallest absolute Gasteiger partial charge is 0.159 e. The zero-order chi connectivity index (χ0) is 16.2. The number of halogens is 3. The largest absolute Gasteiger partial charge is 0.373 e. The van der Waals surface area contributed by atoms with E-state index in [1.165, 1.54) is 0 Å². The molecule has 0 aliphatic carbocycles. The average Bonchev–Trinajstić information content (AvgIpc) is 2.53. The summed E-state index contributed by atoms with van der Waals surface area (Å²) >= 11 is 17.9. The molecule has 0 fully saturated rings. The highest BCUT2D eigenvalue weighted by Gasteiger charge is 2.36. The summed E-state index contributed by atoms with van der Waals surface area (Å²) in [5.41, 5.74) is -0.104.